The number of ether oxygens (including phenoxy) is 3. The van der Waals surface area contributed by atoms with Crippen LogP contribution in [0.5, 0.6) is 11.5 Å². The van der Waals surface area contributed by atoms with Crippen molar-refractivity contribution in [3.05, 3.63) is 42.5 Å². The van der Waals surface area contributed by atoms with Crippen molar-refractivity contribution in [2.24, 2.45) is 5.92 Å². The summed E-state index contributed by atoms with van der Waals surface area (Å²) in [6, 6.07) is 12.5. The minimum atomic E-state index is -1.03. The van der Waals surface area contributed by atoms with Crippen LogP contribution in [-0.4, -0.2) is 50.9 Å². The fourth-order valence-electron chi connectivity index (χ4n) is 3.36. The normalized spacial score (nSPS) is 16.4. The molecule has 9 heteroatoms. The summed E-state index contributed by atoms with van der Waals surface area (Å²) in [5.41, 5.74) is 1.22. The zero-order chi connectivity index (χ0) is 23.3. The van der Waals surface area contributed by atoms with Crippen molar-refractivity contribution in [3.63, 3.8) is 0 Å². The zero-order valence-corrected chi connectivity index (χ0v) is 19.2. The number of anilines is 2. The smallest absolute Gasteiger partial charge is 0.312 e. The predicted octanol–water partition coefficient (Wildman–Crippen LogP) is 3.35. The first-order chi connectivity index (χ1) is 15.4. The van der Waals surface area contributed by atoms with Gasteiger partial charge in [-0.15, -0.1) is 11.8 Å². The van der Waals surface area contributed by atoms with Gasteiger partial charge in [0.05, 0.1) is 20.1 Å². The van der Waals surface area contributed by atoms with Crippen LogP contribution in [0.15, 0.2) is 47.4 Å². The van der Waals surface area contributed by atoms with Gasteiger partial charge < -0.3 is 24.4 Å². The van der Waals surface area contributed by atoms with E-state index in [0.29, 0.717) is 17.2 Å². The van der Waals surface area contributed by atoms with Gasteiger partial charge in [0.15, 0.2) is 17.6 Å². The lowest BCUT2D eigenvalue weighted by Crippen LogP contribution is -2.33. The first-order valence-electron chi connectivity index (χ1n) is 10.0. The standard InChI is InChI=1S/C23H26N2O6S/c1-14(22(27)24-16-5-10-19(29-2)20(12-16)30-3)31-23(28)15-11-21(26)25(13-15)17-6-8-18(32-4)9-7-17/h5-10,12,14-15H,11,13H2,1-4H3,(H,24,27). The molecule has 170 valence electrons. The first-order valence-corrected chi connectivity index (χ1v) is 11.3. The highest BCUT2D eigenvalue weighted by Gasteiger charge is 2.37. The minimum Gasteiger partial charge on any atom is -0.493 e. The second-order valence-corrected chi connectivity index (χ2v) is 8.12. The van der Waals surface area contributed by atoms with Crippen molar-refractivity contribution >= 4 is 40.9 Å². The molecule has 1 fully saturated rings. The highest BCUT2D eigenvalue weighted by atomic mass is 32.2. The minimum absolute atomic E-state index is 0.0487. The van der Waals surface area contributed by atoms with Crippen LogP contribution in [0, 0.1) is 5.92 Å². The van der Waals surface area contributed by atoms with Gasteiger partial charge in [-0.3, -0.25) is 14.4 Å². The van der Waals surface area contributed by atoms with Crippen LogP contribution in [0.4, 0.5) is 11.4 Å². The molecule has 32 heavy (non-hydrogen) atoms. The molecule has 2 aromatic rings. The third kappa shape index (κ3) is 5.34. The third-order valence-electron chi connectivity index (χ3n) is 5.16. The zero-order valence-electron chi connectivity index (χ0n) is 18.4. The van der Waals surface area contributed by atoms with Crippen LogP contribution in [0.2, 0.25) is 0 Å². The van der Waals surface area contributed by atoms with Crippen molar-refractivity contribution in [2.45, 2.75) is 24.3 Å². The molecule has 0 saturated carbocycles. The molecule has 0 aromatic heterocycles. The van der Waals surface area contributed by atoms with Gasteiger partial charge in [0, 0.05) is 35.3 Å². The number of carbonyl (C=O) groups excluding carboxylic acids is 3. The van der Waals surface area contributed by atoms with Crippen molar-refractivity contribution in [1.82, 2.24) is 0 Å². The maximum absolute atomic E-state index is 12.6. The molecule has 2 amide bonds. The molecular formula is C23H26N2O6S. The van der Waals surface area contributed by atoms with E-state index in [0.717, 1.165) is 10.6 Å². The van der Waals surface area contributed by atoms with E-state index < -0.39 is 23.9 Å². The number of nitrogens with one attached hydrogen (secondary N) is 1. The van der Waals surface area contributed by atoms with E-state index in [-0.39, 0.29) is 18.9 Å². The average Bonchev–Trinajstić information content (AvgIpc) is 3.20. The molecule has 2 unspecified atom stereocenters. The number of thioether (sulfide) groups is 1. The molecule has 2 atom stereocenters. The van der Waals surface area contributed by atoms with Crippen molar-refractivity contribution in [3.8, 4) is 11.5 Å². The Morgan fingerprint density at radius 1 is 1.09 bits per heavy atom. The number of amides is 2. The van der Waals surface area contributed by atoms with Gasteiger partial charge in [0.1, 0.15) is 0 Å². The average molecular weight is 459 g/mol. The predicted molar refractivity (Wildman–Crippen MR) is 122 cm³/mol. The highest BCUT2D eigenvalue weighted by Crippen LogP contribution is 2.30. The summed E-state index contributed by atoms with van der Waals surface area (Å²) >= 11 is 1.61. The molecule has 1 aliphatic rings. The Morgan fingerprint density at radius 3 is 2.41 bits per heavy atom. The Hall–Kier alpha value is -3.20. The summed E-state index contributed by atoms with van der Waals surface area (Å²) in [6.07, 6.45) is 0.998. The number of hydrogen-bond donors (Lipinski definition) is 1. The number of benzene rings is 2. The quantitative estimate of drug-likeness (QED) is 0.479. The van der Waals surface area contributed by atoms with Gasteiger partial charge in [-0.2, -0.15) is 0 Å². The van der Waals surface area contributed by atoms with E-state index >= 15 is 0 Å². The second kappa shape index (κ2) is 10.4. The van der Waals surface area contributed by atoms with Crippen LogP contribution in [-0.2, 0) is 19.1 Å². The van der Waals surface area contributed by atoms with E-state index in [2.05, 4.69) is 5.32 Å². The summed E-state index contributed by atoms with van der Waals surface area (Å²) in [5.74, 6) is -0.838. The van der Waals surface area contributed by atoms with Crippen LogP contribution < -0.4 is 19.7 Å². The van der Waals surface area contributed by atoms with Crippen molar-refractivity contribution in [1.29, 1.82) is 0 Å². The van der Waals surface area contributed by atoms with E-state index in [9.17, 15) is 14.4 Å². The molecule has 8 nitrogen and oxygen atoms in total. The highest BCUT2D eigenvalue weighted by molar-refractivity contribution is 7.98. The van der Waals surface area contributed by atoms with Crippen LogP contribution in [0.25, 0.3) is 0 Å². The molecule has 0 spiro atoms. The molecule has 0 radical (unpaired) electrons. The van der Waals surface area contributed by atoms with E-state index in [1.807, 2.05) is 30.5 Å². The van der Waals surface area contributed by atoms with E-state index in [4.69, 9.17) is 14.2 Å². The number of methoxy groups -OCH3 is 2. The molecule has 0 aliphatic carbocycles. The molecule has 1 N–H and O–H groups in total. The second-order valence-electron chi connectivity index (χ2n) is 7.24. The Morgan fingerprint density at radius 2 is 1.78 bits per heavy atom. The maximum Gasteiger partial charge on any atom is 0.312 e. The maximum atomic E-state index is 12.6. The molecule has 1 heterocycles. The van der Waals surface area contributed by atoms with Gasteiger partial charge in [-0.25, -0.2) is 0 Å². The van der Waals surface area contributed by atoms with Crippen molar-refractivity contribution in [2.75, 3.05) is 37.2 Å². The van der Waals surface area contributed by atoms with Crippen LogP contribution >= 0.6 is 11.8 Å². The summed E-state index contributed by atoms with van der Waals surface area (Å²) in [5, 5.41) is 2.69. The number of rotatable bonds is 8. The molecule has 2 aromatic carbocycles. The largest absolute Gasteiger partial charge is 0.493 e. The fourth-order valence-corrected chi connectivity index (χ4v) is 3.77. The Bertz CT molecular complexity index is 994. The lowest BCUT2D eigenvalue weighted by Gasteiger charge is -2.18. The lowest BCUT2D eigenvalue weighted by molar-refractivity contribution is -0.157. The van der Waals surface area contributed by atoms with Gasteiger partial charge >= 0.3 is 5.97 Å². The topological polar surface area (TPSA) is 94.2 Å². The summed E-state index contributed by atoms with van der Waals surface area (Å²) in [7, 11) is 3.02. The van der Waals surface area contributed by atoms with Crippen LogP contribution in [0.1, 0.15) is 13.3 Å². The number of hydrogen-bond acceptors (Lipinski definition) is 7. The Balaban J connectivity index is 1.58. The molecule has 1 saturated heterocycles. The third-order valence-corrected chi connectivity index (χ3v) is 5.90. The van der Waals surface area contributed by atoms with Gasteiger partial charge in [-0.1, -0.05) is 0 Å². The summed E-state index contributed by atoms with van der Waals surface area (Å²) in [6.45, 7) is 1.71. The Kier molecular flexibility index (Phi) is 7.63. The van der Waals surface area contributed by atoms with E-state index in [1.165, 1.54) is 21.1 Å². The molecular weight excluding hydrogens is 432 g/mol. The monoisotopic (exact) mass is 458 g/mol. The van der Waals surface area contributed by atoms with Crippen LogP contribution in [0.3, 0.4) is 0 Å². The molecule has 1 aliphatic heterocycles. The summed E-state index contributed by atoms with van der Waals surface area (Å²) < 4.78 is 15.7. The lowest BCUT2D eigenvalue weighted by atomic mass is 10.1. The first kappa shape index (κ1) is 23.5. The van der Waals surface area contributed by atoms with Gasteiger partial charge in [-0.05, 0) is 49.6 Å². The van der Waals surface area contributed by atoms with Gasteiger partial charge in [0.2, 0.25) is 5.91 Å². The SMILES string of the molecule is COc1ccc(NC(=O)C(C)OC(=O)C2CC(=O)N(c3ccc(SC)cc3)C2)cc1OC. The number of nitrogens with zero attached hydrogens (tertiary/aromatic N) is 1. The van der Waals surface area contributed by atoms with E-state index in [1.54, 1.807) is 34.9 Å². The Labute approximate surface area is 191 Å². The van der Waals surface area contributed by atoms with Crippen molar-refractivity contribution < 1.29 is 28.6 Å². The molecule has 0 bridgehead atoms. The van der Waals surface area contributed by atoms with Gasteiger partial charge in [0.25, 0.3) is 5.91 Å². The number of esters is 1. The molecule has 3 rings (SSSR count). The fraction of sp³-hybridized carbons (Fsp3) is 0.348. The number of carbonyl (C=O) groups is 3. The summed E-state index contributed by atoms with van der Waals surface area (Å²) in [4.78, 5) is 40.2.